The Bertz CT molecular complexity index is 286. The molecule has 0 bridgehead atoms. The van der Waals surface area contributed by atoms with Crippen molar-refractivity contribution in [3.8, 4) is 0 Å². The van der Waals surface area contributed by atoms with E-state index in [1.165, 1.54) is 7.11 Å². The maximum Gasteiger partial charge on any atom is 0.323 e. The lowest BCUT2D eigenvalue weighted by molar-refractivity contribution is -0.151. The van der Waals surface area contributed by atoms with E-state index in [1.54, 1.807) is 0 Å². The maximum atomic E-state index is 12.1. The van der Waals surface area contributed by atoms with Crippen molar-refractivity contribution in [3.63, 3.8) is 0 Å². The van der Waals surface area contributed by atoms with Crippen LogP contribution in [-0.4, -0.2) is 73.4 Å². The molecule has 0 amide bonds. The highest BCUT2D eigenvalue weighted by Crippen LogP contribution is 2.26. The minimum Gasteiger partial charge on any atom is -0.468 e. The van der Waals surface area contributed by atoms with Crippen molar-refractivity contribution < 1.29 is 19.0 Å². The second-order valence-corrected chi connectivity index (χ2v) is 5.88. The van der Waals surface area contributed by atoms with Gasteiger partial charge < -0.3 is 14.7 Å². The number of rotatable bonds is 3. The Kier molecular flexibility index (Phi) is 4.69. The highest BCUT2D eigenvalue weighted by Gasteiger charge is 2.37. The van der Waals surface area contributed by atoms with Crippen molar-refractivity contribution in [1.82, 2.24) is 9.80 Å². The smallest absolute Gasteiger partial charge is 0.323 e. The predicted octanol–water partition coefficient (Wildman–Crippen LogP) is 0.819. The zero-order valence-corrected chi connectivity index (χ0v) is 12.0. The van der Waals surface area contributed by atoms with Gasteiger partial charge in [0.1, 0.15) is 6.04 Å². The maximum absolute atomic E-state index is 12.1. The summed E-state index contributed by atoms with van der Waals surface area (Å²) in [6.45, 7) is 3.70. The number of nitrogens with zero attached hydrogens (tertiary/aromatic N) is 2. The van der Waals surface area contributed by atoms with Crippen LogP contribution in [0.4, 0.5) is 0 Å². The van der Waals surface area contributed by atoms with Gasteiger partial charge in [0.2, 0.25) is 0 Å². The van der Waals surface area contributed by atoms with Crippen LogP contribution in [0, 0.1) is 5.92 Å². The lowest BCUT2D eigenvalue weighted by Gasteiger charge is -2.41. The zero-order chi connectivity index (χ0) is 15.8. The highest BCUT2D eigenvalue weighted by atomic mass is 16.5. The summed E-state index contributed by atoms with van der Waals surface area (Å²) in [4.78, 5) is 16.7. The first kappa shape index (κ1) is 13.3. The average Bonchev–Trinajstić information content (AvgIpc) is 2.53. The van der Waals surface area contributed by atoms with Crippen LogP contribution in [0.3, 0.4) is 0 Å². The topological polar surface area (TPSA) is 53.0 Å². The number of carbonyl (C=O) groups is 1. The van der Waals surface area contributed by atoms with E-state index in [1.807, 2.05) is 0 Å². The second kappa shape index (κ2) is 6.68. The molecule has 5 heteroatoms. The van der Waals surface area contributed by atoms with Crippen LogP contribution in [0.1, 0.15) is 30.1 Å². The number of aliphatic hydroxyl groups is 1. The fraction of sp³-hybridized carbons (Fsp3) is 0.929. The highest BCUT2D eigenvalue weighted by molar-refractivity contribution is 5.76. The minimum absolute atomic E-state index is 0. The molecule has 0 saturated carbocycles. The van der Waals surface area contributed by atoms with Gasteiger partial charge in [0.25, 0.3) is 0 Å². The Morgan fingerprint density at radius 2 is 1.84 bits per heavy atom. The number of ether oxygens (including phenoxy) is 1. The third kappa shape index (κ3) is 3.68. The van der Waals surface area contributed by atoms with Gasteiger partial charge in [0.05, 0.1) is 13.2 Å². The van der Waals surface area contributed by atoms with Crippen LogP contribution in [0.2, 0.25) is 0 Å². The first-order valence-electron chi connectivity index (χ1n) is 8.30. The lowest BCUT2D eigenvalue weighted by atomic mass is 9.87. The number of carbonyl (C=O) groups excluding carboxylic acids is 1. The van der Waals surface area contributed by atoms with Crippen LogP contribution in [0.25, 0.3) is 0 Å². The molecule has 0 aliphatic carbocycles. The van der Waals surface area contributed by atoms with Crippen LogP contribution in [-0.2, 0) is 9.53 Å². The molecular weight excluding hydrogens is 244 g/mol. The Hall–Kier alpha value is -0.650. The van der Waals surface area contributed by atoms with E-state index in [0.717, 1.165) is 51.9 Å². The standard InChI is InChI=1S/C14H26N2O3.2H2/c1-15-7-3-11(4-8-15)13(14(18)19-2)16-9-5-12(17)6-10-16;;/h11-13,17H,3-10H2,1-2H3;2*1H/i;1+1D;1+1. The average molecular weight is 277 g/mol. The van der Waals surface area contributed by atoms with Gasteiger partial charge >= 0.3 is 5.97 Å². The van der Waals surface area contributed by atoms with E-state index in [9.17, 15) is 9.90 Å². The molecule has 2 rings (SSSR count). The number of hydrogen-bond acceptors (Lipinski definition) is 5. The molecule has 114 valence electrons. The van der Waals surface area contributed by atoms with Crippen LogP contribution in [0.5, 0.6) is 0 Å². The summed E-state index contributed by atoms with van der Waals surface area (Å²) in [7, 11) is 3.60. The van der Waals surface area contributed by atoms with Crippen LogP contribution in [0.15, 0.2) is 0 Å². The summed E-state index contributed by atoms with van der Waals surface area (Å²) in [6.07, 6.45) is 3.43. The molecule has 0 spiro atoms. The summed E-state index contributed by atoms with van der Waals surface area (Å²) < 4.78 is 15.0. The van der Waals surface area contributed by atoms with Gasteiger partial charge in [0.15, 0.2) is 0 Å². The number of methoxy groups -OCH3 is 1. The molecule has 2 aliphatic heterocycles. The third-order valence-corrected chi connectivity index (χ3v) is 4.54. The Balaban J connectivity index is 0.00000141. The molecule has 19 heavy (non-hydrogen) atoms. The van der Waals surface area contributed by atoms with Gasteiger partial charge in [-0.3, -0.25) is 9.69 Å². The molecule has 0 aromatic heterocycles. The molecule has 2 aliphatic rings. The fourth-order valence-electron chi connectivity index (χ4n) is 3.27. The van der Waals surface area contributed by atoms with E-state index in [-0.39, 0.29) is 19.5 Å². The largest absolute Gasteiger partial charge is 0.468 e. The number of esters is 1. The van der Waals surface area contributed by atoms with Gasteiger partial charge in [-0.1, -0.05) is 0 Å². The number of likely N-dealkylation sites (tertiary alicyclic amines) is 2. The SMILES string of the molecule is COC(=O)C(C1CCN(C)CC1)N1CCC(O)CC1.[2HH].[2H][2H]. The van der Waals surface area contributed by atoms with Crippen molar-refractivity contribution in [1.29, 1.82) is 0 Å². The third-order valence-electron chi connectivity index (χ3n) is 4.54. The summed E-state index contributed by atoms with van der Waals surface area (Å²) in [6, 6.07) is -0.119. The predicted molar refractivity (Wildman–Crippen MR) is 77.1 cm³/mol. The normalized spacial score (nSPS) is 26.7. The van der Waals surface area contributed by atoms with E-state index in [2.05, 4.69) is 16.8 Å². The van der Waals surface area contributed by atoms with Gasteiger partial charge in [-0.2, -0.15) is 0 Å². The molecule has 0 aromatic carbocycles. The molecule has 1 unspecified atom stereocenters. The Labute approximate surface area is 120 Å². The van der Waals surface area contributed by atoms with Gasteiger partial charge in [-0.25, -0.2) is 0 Å². The van der Waals surface area contributed by atoms with Crippen molar-refractivity contribution in [2.75, 3.05) is 40.3 Å². The van der Waals surface area contributed by atoms with Crippen molar-refractivity contribution in [2.24, 2.45) is 5.92 Å². The monoisotopic (exact) mass is 277 g/mol. The van der Waals surface area contributed by atoms with Crippen LogP contribution < -0.4 is 0 Å². The zero-order valence-electron chi connectivity index (χ0n) is 14.0. The van der Waals surface area contributed by atoms with Crippen molar-refractivity contribution in [2.45, 2.75) is 37.8 Å². The van der Waals surface area contributed by atoms with Gasteiger partial charge in [-0.05, 0) is 51.7 Å². The van der Waals surface area contributed by atoms with E-state index in [4.69, 9.17) is 7.71 Å². The summed E-state index contributed by atoms with van der Waals surface area (Å²) >= 11 is 0. The van der Waals surface area contributed by atoms with Crippen molar-refractivity contribution >= 4 is 5.97 Å². The Morgan fingerprint density at radius 3 is 2.37 bits per heavy atom. The number of aliphatic hydroxyl groups excluding tert-OH is 1. The number of hydrogen-bond donors (Lipinski definition) is 1. The van der Waals surface area contributed by atoms with E-state index >= 15 is 0 Å². The van der Waals surface area contributed by atoms with Gasteiger partial charge in [-0.15, -0.1) is 0 Å². The Morgan fingerprint density at radius 1 is 1.26 bits per heavy atom. The molecule has 2 fully saturated rings. The van der Waals surface area contributed by atoms with E-state index < -0.39 is 0 Å². The van der Waals surface area contributed by atoms with Gasteiger partial charge in [0, 0.05) is 17.5 Å². The summed E-state index contributed by atoms with van der Waals surface area (Å²) in [5.41, 5.74) is 0. The lowest BCUT2D eigenvalue weighted by Crippen LogP contribution is -2.52. The second-order valence-electron chi connectivity index (χ2n) is 5.88. The molecule has 0 radical (unpaired) electrons. The summed E-state index contributed by atoms with van der Waals surface area (Å²) in [5.74, 6) is 0.282. The molecule has 1 atom stereocenters. The fourth-order valence-corrected chi connectivity index (χ4v) is 3.27. The molecule has 1 N–H and O–H groups in total. The summed E-state index contributed by atoms with van der Waals surface area (Å²) in [5, 5.41) is 9.60. The molecule has 2 heterocycles. The first-order valence-corrected chi connectivity index (χ1v) is 7.30. The molecule has 2 saturated heterocycles. The van der Waals surface area contributed by atoms with Crippen LogP contribution >= 0.6 is 0 Å². The molecular formula is C14H30N2O3. The molecule has 5 nitrogen and oxygen atoms in total. The quantitative estimate of drug-likeness (QED) is 0.774. The number of piperidine rings is 2. The minimum atomic E-state index is -0.202. The molecule has 0 aromatic rings. The first-order chi connectivity index (χ1) is 10.1. The van der Waals surface area contributed by atoms with E-state index in [0.29, 0.717) is 5.92 Å². The van der Waals surface area contributed by atoms with Crippen molar-refractivity contribution in [3.05, 3.63) is 0 Å².